The summed E-state index contributed by atoms with van der Waals surface area (Å²) in [5, 5.41) is 0. The summed E-state index contributed by atoms with van der Waals surface area (Å²) in [6.45, 7) is 2.85. The van der Waals surface area contributed by atoms with Gasteiger partial charge >= 0.3 is 0 Å². The van der Waals surface area contributed by atoms with Gasteiger partial charge in [-0.05, 0) is 24.1 Å². The monoisotopic (exact) mass is 178 g/mol. The van der Waals surface area contributed by atoms with Crippen LogP contribution < -0.4 is 10.6 Å². The van der Waals surface area contributed by atoms with Gasteiger partial charge in [-0.3, -0.25) is 0 Å². The maximum atomic E-state index is 5.65. The first-order valence-electron chi connectivity index (χ1n) is 4.63. The predicted molar refractivity (Wildman–Crippen MR) is 58.2 cm³/mol. The molecular weight excluding hydrogens is 160 g/mol. The van der Waals surface area contributed by atoms with E-state index in [1.165, 1.54) is 11.3 Å². The van der Waals surface area contributed by atoms with Crippen molar-refractivity contribution in [2.45, 2.75) is 12.8 Å². The van der Waals surface area contributed by atoms with E-state index < -0.39 is 0 Å². The van der Waals surface area contributed by atoms with Crippen molar-refractivity contribution in [2.24, 2.45) is 5.73 Å². The van der Waals surface area contributed by atoms with Gasteiger partial charge < -0.3 is 10.6 Å². The van der Waals surface area contributed by atoms with Crippen LogP contribution in [0.15, 0.2) is 24.3 Å². The van der Waals surface area contributed by atoms with Gasteiger partial charge in [0.2, 0.25) is 0 Å². The number of hydrogen-bond donors (Lipinski definition) is 1. The molecule has 0 aliphatic heterocycles. The van der Waals surface area contributed by atoms with Crippen LogP contribution in [-0.4, -0.2) is 20.6 Å². The van der Waals surface area contributed by atoms with Crippen molar-refractivity contribution < 1.29 is 0 Å². The maximum Gasteiger partial charge on any atom is 0.0396 e. The summed E-state index contributed by atoms with van der Waals surface area (Å²) in [6.07, 6.45) is 0. The minimum absolute atomic E-state index is 0.429. The Hall–Kier alpha value is -1.02. The molecule has 0 aliphatic carbocycles. The first-order valence-corrected chi connectivity index (χ1v) is 4.63. The molecule has 0 heterocycles. The number of hydrogen-bond acceptors (Lipinski definition) is 2. The van der Waals surface area contributed by atoms with E-state index in [1.807, 2.05) is 0 Å². The Morgan fingerprint density at radius 1 is 1.31 bits per heavy atom. The minimum atomic E-state index is 0.429. The van der Waals surface area contributed by atoms with Crippen LogP contribution in [0.25, 0.3) is 0 Å². The van der Waals surface area contributed by atoms with Gasteiger partial charge in [-0.25, -0.2) is 0 Å². The molecule has 0 amide bonds. The maximum absolute atomic E-state index is 5.65. The number of nitrogens with two attached hydrogens (primary N) is 1. The molecule has 1 aromatic rings. The molecule has 72 valence electrons. The lowest BCUT2D eigenvalue weighted by Crippen LogP contribution is -2.15. The Labute approximate surface area is 80.4 Å². The molecule has 0 spiro atoms. The molecule has 1 unspecified atom stereocenters. The molecule has 0 aromatic heterocycles. The molecule has 0 bridgehead atoms. The van der Waals surface area contributed by atoms with Crippen LogP contribution in [0.4, 0.5) is 5.69 Å². The standard InChI is InChI=1S/C11H18N2/c1-9(8-12)10-6-4-5-7-11(10)13(2)3/h4-7,9H,8,12H2,1-3H3. The Balaban J connectivity index is 3.04. The van der Waals surface area contributed by atoms with Crippen LogP contribution in [-0.2, 0) is 0 Å². The Bertz CT molecular complexity index is 269. The fraction of sp³-hybridized carbons (Fsp3) is 0.455. The minimum Gasteiger partial charge on any atom is -0.377 e. The molecule has 2 heteroatoms. The highest BCUT2D eigenvalue weighted by Crippen LogP contribution is 2.25. The summed E-state index contributed by atoms with van der Waals surface area (Å²) in [4.78, 5) is 2.13. The zero-order chi connectivity index (χ0) is 9.84. The summed E-state index contributed by atoms with van der Waals surface area (Å²) in [5.41, 5.74) is 8.25. The molecule has 1 rings (SSSR count). The Kier molecular flexibility index (Phi) is 3.32. The van der Waals surface area contributed by atoms with E-state index in [0.29, 0.717) is 12.5 Å². The summed E-state index contributed by atoms with van der Waals surface area (Å²) < 4.78 is 0. The molecule has 13 heavy (non-hydrogen) atoms. The van der Waals surface area contributed by atoms with Crippen molar-refractivity contribution in [1.29, 1.82) is 0 Å². The van der Waals surface area contributed by atoms with E-state index in [0.717, 1.165) is 0 Å². The predicted octanol–water partition coefficient (Wildman–Crippen LogP) is 1.81. The van der Waals surface area contributed by atoms with E-state index >= 15 is 0 Å². The lowest BCUT2D eigenvalue weighted by Gasteiger charge is -2.20. The zero-order valence-electron chi connectivity index (χ0n) is 8.62. The van der Waals surface area contributed by atoms with Gasteiger partial charge in [0.15, 0.2) is 0 Å². The SMILES string of the molecule is CC(CN)c1ccccc1N(C)C. The average molecular weight is 178 g/mol. The number of rotatable bonds is 3. The van der Waals surface area contributed by atoms with Crippen molar-refractivity contribution in [2.75, 3.05) is 25.5 Å². The molecule has 0 radical (unpaired) electrons. The van der Waals surface area contributed by atoms with Crippen LogP contribution in [0.3, 0.4) is 0 Å². The second-order valence-corrected chi connectivity index (χ2v) is 3.59. The highest BCUT2D eigenvalue weighted by atomic mass is 15.1. The van der Waals surface area contributed by atoms with Crippen molar-refractivity contribution >= 4 is 5.69 Å². The van der Waals surface area contributed by atoms with Crippen molar-refractivity contribution in [3.63, 3.8) is 0 Å². The van der Waals surface area contributed by atoms with Crippen LogP contribution in [0.2, 0.25) is 0 Å². The van der Waals surface area contributed by atoms with Gasteiger partial charge in [-0.1, -0.05) is 25.1 Å². The third kappa shape index (κ3) is 2.22. The van der Waals surface area contributed by atoms with Gasteiger partial charge in [-0.15, -0.1) is 0 Å². The van der Waals surface area contributed by atoms with Crippen LogP contribution in [0.1, 0.15) is 18.4 Å². The van der Waals surface area contributed by atoms with E-state index in [-0.39, 0.29) is 0 Å². The summed E-state index contributed by atoms with van der Waals surface area (Å²) in [7, 11) is 4.12. The fourth-order valence-corrected chi connectivity index (χ4v) is 1.44. The normalized spacial score (nSPS) is 12.6. The number of anilines is 1. The van der Waals surface area contributed by atoms with Gasteiger partial charge in [0.05, 0.1) is 0 Å². The average Bonchev–Trinajstić information content (AvgIpc) is 2.16. The van der Waals surface area contributed by atoms with Crippen LogP contribution in [0.5, 0.6) is 0 Å². The van der Waals surface area contributed by atoms with Gasteiger partial charge in [0.1, 0.15) is 0 Å². The smallest absolute Gasteiger partial charge is 0.0396 e. The molecule has 0 fully saturated rings. The van der Waals surface area contributed by atoms with E-state index in [2.05, 4.69) is 50.2 Å². The van der Waals surface area contributed by atoms with E-state index in [4.69, 9.17) is 5.73 Å². The fourth-order valence-electron chi connectivity index (χ4n) is 1.44. The summed E-state index contributed by atoms with van der Waals surface area (Å²) in [5.74, 6) is 0.429. The first kappa shape index (κ1) is 10.1. The lowest BCUT2D eigenvalue weighted by molar-refractivity contribution is 0.771. The topological polar surface area (TPSA) is 29.3 Å². The first-order chi connectivity index (χ1) is 6.16. The van der Waals surface area contributed by atoms with Gasteiger partial charge in [0, 0.05) is 19.8 Å². The van der Waals surface area contributed by atoms with Crippen LogP contribution >= 0.6 is 0 Å². The molecule has 1 aromatic carbocycles. The highest BCUT2D eigenvalue weighted by molar-refractivity contribution is 5.53. The third-order valence-electron chi connectivity index (χ3n) is 2.30. The van der Waals surface area contributed by atoms with Crippen molar-refractivity contribution in [1.82, 2.24) is 0 Å². The molecule has 2 N–H and O–H groups in total. The number of para-hydroxylation sites is 1. The van der Waals surface area contributed by atoms with Gasteiger partial charge in [0.25, 0.3) is 0 Å². The summed E-state index contributed by atoms with van der Waals surface area (Å²) in [6, 6.07) is 8.39. The molecule has 2 nitrogen and oxygen atoms in total. The number of nitrogens with zero attached hydrogens (tertiary/aromatic N) is 1. The molecule has 0 aliphatic rings. The Morgan fingerprint density at radius 2 is 1.92 bits per heavy atom. The molecule has 0 saturated heterocycles. The quantitative estimate of drug-likeness (QED) is 0.765. The van der Waals surface area contributed by atoms with Crippen LogP contribution in [0, 0.1) is 0 Å². The Morgan fingerprint density at radius 3 is 2.46 bits per heavy atom. The summed E-state index contributed by atoms with van der Waals surface area (Å²) >= 11 is 0. The molecule has 0 saturated carbocycles. The lowest BCUT2D eigenvalue weighted by atomic mass is 9.99. The second-order valence-electron chi connectivity index (χ2n) is 3.59. The largest absolute Gasteiger partial charge is 0.377 e. The van der Waals surface area contributed by atoms with E-state index in [1.54, 1.807) is 0 Å². The second kappa shape index (κ2) is 4.28. The molecule has 1 atom stereocenters. The highest BCUT2D eigenvalue weighted by Gasteiger charge is 2.08. The van der Waals surface area contributed by atoms with E-state index in [9.17, 15) is 0 Å². The zero-order valence-corrected chi connectivity index (χ0v) is 8.62. The molecular formula is C11H18N2. The van der Waals surface area contributed by atoms with Gasteiger partial charge in [-0.2, -0.15) is 0 Å². The number of benzene rings is 1. The van der Waals surface area contributed by atoms with Crippen molar-refractivity contribution in [3.05, 3.63) is 29.8 Å². The third-order valence-corrected chi connectivity index (χ3v) is 2.30. The van der Waals surface area contributed by atoms with Crippen molar-refractivity contribution in [3.8, 4) is 0 Å².